The average Bonchev–Trinajstić information content (AvgIpc) is 2.41. The largest absolute Gasteiger partial charge is 0.369 e. The van der Waals surface area contributed by atoms with Crippen LogP contribution in [-0.4, -0.2) is 22.4 Å². The molecule has 2 rings (SSSR count). The van der Waals surface area contributed by atoms with Gasteiger partial charge in [0.2, 0.25) is 0 Å². The normalized spacial score (nSPS) is 10.2. The molecule has 0 atom stereocenters. The van der Waals surface area contributed by atoms with Gasteiger partial charge in [-0.05, 0) is 37.6 Å². The van der Waals surface area contributed by atoms with Gasteiger partial charge in [0.15, 0.2) is 0 Å². The number of halogens is 1. The third-order valence-electron chi connectivity index (χ3n) is 2.60. The molecule has 20 heavy (non-hydrogen) atoms. The Bertz CT molecular complexity index is 630. The highest BCUT2D eigenvalue weighted by Crippen LogP contribution is 2.20. The Kier molecular flexibility index (Phi) is 4.53. The minimum absolute atomic E-state index is 0.291. The third kappa shape index (κ3) is 3.45. The monoisotopic (exact) mass is 290 g/mol. The van der Waals surface area contributed by atoms with Gasteiger partial charge in [-0.25, -0.2) is 9.97 Å². The van der Waals surface area contributed by atoms with Gasteiger partial charge in [-0.1, -0.05) is 11.6 Å². The summed E-state index contributed by atoms with van der Waals surface area (Å²) >= 11 is 6.06. The second-order valence-corrected chi connectivity index (χ2v) is 4.66. The van der Waals surface area contributed by atoms with E-state index in [1.165, 1.54) is 6.20 Å². The van der Waals surface area contributed by atoms with Crippen LogP contribution in [-0.2, 0) is 0 Å². The van der Waals surface area contributed by atoms with Crippen LogP contribution in [0.25, 0.3) is 0 Å². The molecule has 0 spiro atoms. The number of aromatic nitrogens is 2. The van der Waals surface area contributed by atoms with Crippen molar-refractivity contribution in [3.63, 3.8) is 0 Å². The van der Waals surface area contributed by atoms with Crippen LogP contribution in [0.2, 0.25) is 5.02 Å². The van der Waals surface area contributed by atoms with E-state index in [-0.39, 0.29) is 5.91 Å². The standard InChI is InChI=1S/C14H15ClN4O/c1-3-16-13-11(15)7-10(8-18-13)14(20)19-12-6-9(2)4-5-17-12/h4-8H,3H2,1-2H3,(H,16,18)(H,17,19,20). The molecule has 0 bridgehead atoms. The van der Waals surface area contributed by atoms with Crippen molar-refractivity contribution in [2.24, 2.45) is 0 Å². The lowest BCUT2D eigenvalue weighted by Gasteiger charge is -2.08. The van der Waals surface area contributed by atoms with E-state index in [0.29, 0.717) is 28.8 Å². The molecular formula is C14H15ClN4O. The van der Waals surface area contributed by atoms with Crippen molar-refractivity contribution >= 4 is 29.1 Å². The molecule has 0 aromatic carbocycles. The smallest absolute Gasteiger partial charge is 0.258 e. The number of carbonyl (C=O) groups excluding carboxylic acids is 1. The van der Waals surface area contributed by atoms with Crippen molar-refractivity contribution in [2.75, 3.05) is 17.2 Å². The lowest BCUT2D eigenvalue weighted by atomic mass is 10.2. The van der Waals surface area contributed by atoms with Gasteiger partial charge in [-0.2, -0.15) is 0 Å². The Morgan fingerprint density at radius 2 is 2.15 bits per heavy atom. The van der Waals surface area contributed by atoms with Crippen LogP contribution in [0, 0.1) is 6.92 Å². The molecule has 2 N–H and O–H groups in total. The van der Waals surface area contributed by atoms with E-state index in [1.807, 2.05) is 19.9 Å². The van der Waals surface area contributed by atoms with Gasteiger partial charge in [0.25, 0.3) is 5.91 Å². The third-order valence-corrected chi connectivity index (χ3v) is 2.89. The van der Waals surface area contributed by atoms with Gasteiger partial charge in [-0.15, -0.1) is 0 Å². The molecule has 0 aliphatic heterocycles. The number of nitrogens with one attached hydrogen (secondary N) is 2. The van der Waals surface area contributed by atoms with Gasteiger partial charge >= 0.3 is 0 Å². The van der Waals surface area contributed by atoms with E-state index >= 15 is 0 Å². The van der Waals surface area contributed by atoms with E-state index in [4.69, 9.17) is 11.6 Å². The van der Waals surface area contributed by atoms with E-state index < -0.39 is 0 Å². The minimum atomic E-state index is -0.291. The lowest BCUT2D eigenvalue weighted by molar-refractivity contribution is 0.102. The van der Waals surface area contributed by atoms with Crippen LogP contribution in [0.1, 0.15) is 22.8 Å². The molecule has 0 aliphatic rings. The van der Waals surface area contributed by atoms with E-state index in [2.05, 4.69) is 20.6 Å². The first kappa shape index (κ1) is 14.3. The van der Waals surface area contributed by atoms with Crippen molar-refractivity contribution < 1.29 is 4.79 Å². The summed E-state index contributed by atoms with van der Waals surface area (Å²) in [5, 5.41) is 6.13. The lowest BCUT2D eigenvalue weighted by Crippen LogP contribution is -2.14. The minimum Gasteiger partial charge on any atom is -0.369 e. The predicted molar refractivity (Wildman–Crippen MR) is 80.3 cm³/mol. The fraction of sp³-hybridized carbons (Fsp3) is 0.214. The van der Waals surface area contributed by atoms with Crippen molar-refractivity contribution in [2.45, 2.75) is 13.8 Å². The number of hydrogen-bond acceptors (Lipinski definition) is 4. The fourth-order valence-electron chi connectivity index (χ4n) is 1.65. The summed E-state index contributed by atoms with van der Waals surface area (Å²) in [6.45, 7) is 4.59. The van der Waals surface area contributed by atoms with Crippen molar-refractivity contribution in [3.8, 4) is 0 Å². The summed E-state index contributed by atoms with van der Waals surface area (Å²) in [4.78, 5) is 20.3. The molecule has 2 aromatic rings. The van der Waals surface area contributed by atoms with Gasteiger partial charge in [0.05, 0.1) is 10.6 Å². The molecule has 0 radical (unpaired) electrons. The topological polar surface area (TPSA) is 66.9 Å². The number of anilines is 2. The highest BCUT2D eigenvalue weighted by Gasteiger charge is 2.10. The molecule has 0 saturated carbocycles. The van der Waals surface area contributed by atoms with Crippen LogP contribution >= 0.6 is 11.6 Å². The van der Waals surface area contributed by atoms with Gasteiger partial charge in [0, 0.05) is 18.9 Å². The van der Waals surface area contributed by atoms with E-state index in [0.717, 1.165) is 5.56 Å². The van der Waals surface area contributed by atoms with E-state index in [9.17, 15) is 4.79 Å². The first-order valence-electron chi connectivity index (χ1n) is 6.23. The van der Waals surface area contributed by atoms with Crippen LogP contribution in [0.15, 0.2) is 30.6 Å². The van der Waals surface area contributed by atoms with Crippen molar-refractivity contribution in [3.05, 3.63) is 46.7 Å². The number of nitrogens with zero attached hydrogens (tertiary/aromatic N) is 2. The van der Waals surface area contributed by atoms with Crippen LogP contribution in [0.5, 0.6) is 0 Å². The van der Waals surface area contributed by atoms with Crippen LogP contribution in [0.4, 0.5) is 11.6 Å². The maximum Gasteiger partial charge on any atom is 0.258 e. The Labute approximate surface area is 122 Å². The van der Waals surface area contributed by atoms with Crippen LogP contribution in [0.3, 0.4) is 0 Å². The zero-order valence-electron chi connectivity index (χ0n) is 11.3. The van der Waals surface area contributed by atoms with Gasteiger partial charge < -0.3 is 10.6 Å². The molecule has 0 fully saturated rings. The van der Waals surface area contributed by atoms with Gasteiger partial charge in [-0.3, -0.25) is 4.79 Å². The first-order chi connectivity index (χ1) is 9.60. The Morgan fingerprint density at radius 1 is 1.35 bits per heavy atom. The summed E-state index contributed by atoms with van der Waals surface area (Å²) in [5.41, 5.74) is 1.41. The molecular weight excluding hydrogens is 276 g/mol. The SMILES string of the molecule is CCNc1ncc(C(=O)Nc2cc(C)ccn2)cc1Cl. The van der Waals surface area contributed by atoms with Crippen molar-refractivity contribution in [1.82, 2.24) is 9.97 Å². The Balaban J connectivity index is 2.15. The molecule has 0 saturated heterocycles. The molecule has 2 aromatic heterocycles. The highest BCUT2D eigenvalue weighted by atomic mass is 35.5. The second kappa shape index (κ2) is 6.34. The zero-order chi connectivity index (χ0) is 14.5. The summed E-state index contributed by atoms with van der Waals surface area (Å²) in [5.74, 6) is 0.779. The summed E-state index contributed by atoms with van der Waals surface area (Å²) in [6.07, 6.45) is 3.12. The molecule has 1 amide bonds. The molecule has 0 aliphatic carbocycles. The maximum atomic E-state index is 12.1. The Hall–Kier alpha value is -2.14. The second-order valence-electron chi connectivity index (χ2n) is 4.26. The highest BCUT2D eigenvalue weighted by molar-refractivity contribution is 6.33. The maximum absolute atomic E-state index is 12.1. The average molecular weight is 291 g/mol. The predicted octanol–water partition coefficient (Wildman–Crippen LogP) is 3.12. The number of carbonyl (C=O) groups is 1. The molecule has 6 heteroatoms. The summed E-state index contributed by atoms with van der Waals surface area (Å²) in [7, 11) is 0. The van der Waals surface area contributed by atoms with E-state index in [1.54, 1.807) is 18.3 Å². The van der Waals surface area contributed by atoms with Crippen molar-refractivity contribution in [1.29, 1.82) is 0 Å². The molecule has 5 nitrogen and oxygen atoms in total. The number of aryl methyl sites for hydroxylation is 1. The van der Waals surface area contributed by atoms with Gasteiger partial charge in [0.1, 0.15) is 11.6 Å². The number of amides is 1. The molecule has 2 heterocycles. The Morgan fingerprint density at radius 3 is 2.80 bits per heavy atom. The quantitative estimate of drug-likeness (QED) is 0.908. The van der Waals surface area contributed by atoms with Crippen LogP contribution < -0.4 is 10.6 Å². The molecule has 0 unspecified atom stereocenters. The summed E-state index contributed by atoms with van der Waals surface area (Å²) in [6, 6.07) is 5.23. The summed E-state index contributed by atoms with van der Waals surface area (Å²) < 4.78 is 0. The zero-order valence-corrected chi connectivity index (χ0v) is 12.0. The number of rotatable bonds is 4. The fourth-order valence-corrected chi connectivity index (χ4v) is 1.89. The molecule has 104 valence electrons. The first-order valence-corrected chi connectivity index (χ1v) is 6.61. The number of pyridine rings is 2. The number of hydrogen-bond donors (Lipinski definition) is 2.